The van der Waals surface area contributed by atoms with Gasteiger partial charge in [0.15, 0.2) is 0 Å². The fourth-order valence-electron chi connectivity index (χ4n) is 1.31. The van der Waals surface area contributed by atoms with Crippen molar-refractivity contribution in [3.8, 4) is 0 Å². The van der Waals surface area contributed by atoms with E-state index in [9.17, 15) is 0 Å². The summed E-state index contributed by atoms with van der Waals surface area (Å²) < 4.78 is 0. The number of H-pyrrole nitrogens is 1. The average Bonchev–Trinajstić information content (AvgIpc) is 2.81. The Balaban J connectivity index is 1.89. The zero-order chi connectivity index (χ0) is 10.5. The Morgan fingerprint density at radius 1 is 1.33 bits per heavy atom. The van der Waals surface area contributed by atoms with Gasteiger partial charge in [0.05, 0.1) is 6.20 Å². The minimum absolute atomic E-state index is 0.268. The molecule has 0 spiro atoms. The van der Waals surface area contributed by atoms with Gasteiger partial charge in [-0.05, 0) is 6.92 Å². The molecule has 1 unspecified atom stereocenters. The predicted molar refractivity (Wildman–Crippen MR) is 55.9 cm³/mol. The highest BCUT2D eigenvalue weighted by molar-refractivity contribution is 5.09. The first-order valence-corrected chi connectivity index (χ1v) is 4.82. The smallest absolute Gasteiger partial charge is 0.115 e. The first-order chi connectivity index (χ1) is 7.36. The zero-order valence-corrected chi connectivity index (χ0v) is 8.51. The van der Waals surface area contributed by atoms with E-state index in [2.05, 4.69) is 32.4 Å². The molecule has 2 N–H and O–H groups in total. The van der Waals surface area contributed by atoms with Crippen LogP contribution in [0, 0.1) is 0 Å². The Hall–Kier alpha value is -1.75. The number of nitrogens with one attached hydrogen (secondary N) is 2. The molecule has 2 aromatic rings. The Bertz CT molecular complexity index is 383. The maximum Gasteiger partial charge on any atom is 0.115 e. The summed E-state index contributed by atoms with van der Waals surface area (Å²) in [7, 11) is 0. The van der Waals surface area contributed by atoms with Crippen LogP contribution in [0.15, 0.2) is 31.1 Å². The Kier molecular flexibility index (Phi) is 3.04. The fourth-order valence-corrected chi connectivity index (χ4v) is 1.31. The SMILES string of the molecule is CC(NCc1cncnc1)c1cn[nH]c1. The lowest BCUT2D eigenvalue weighted by Gasteiger charge is -2.10. The van der Waals surface area contributed by atoms with Crippen LogP contribution >= 0.6 is 0 Å². The van der Waals surface area contributed by atoms with Crippen molar-refractivity contribution in [2.24, 2.45) is 0 Å². The molecule has 0 radical (unpaired) electrons. The molecular weight excluding hydrogens is 190 g/mol. The Labute approximate surface area is 88.0 Å². The van der Waals surface area contributed by atoms with Crippen molar-refractivity contribution in [3.63, 3.8) is 0 Å². The van der Waals surface area contributed by atoms with Crippen molar-refractivity contribution in [2.45, 2.75) is 19.5 Å². The van der Waals surface area contributed by atoms with E-state index in [1.165, 1.54) is 6.33 Å². The van der Waals surface area contributed by atoms with Gasteiger partial charge in [0.25, 0.3) is 0 Å². The second-order valence-electron chi connectivity index (χ2n) is 3.38. The van der Waals surface area contributed by atoms with Crippen LogP contribution in [0.2, 0.25) is 0 Å². The minimum Gasteiger partial charge on any atom is -0.306 e. The lowest BCUT2D eigenvalue weighted by atomic mass is 10.2. The van der Waals surface area contributed by atoms with Gasteiger partial charge >= 0.3 is 0 Å². The lowest BCUT2D eigenvalue weighted by Crippen LogP contribution is -2.17. The lowest BCUT2D eigenvalue weighted by molar-refractivity contribution is 0.573. The standard InChI is InChI=1S/C10H13N5/c1-8(10-5-14-15-6-10)13-4-9-2-11-7-12-3-9/h2-3,5-8,13H,4H2,1H3,(H,14,15). The van der Waals surface area contributed by atoms with Gasteiger partial charge in [0, 0.05) is 42.3 Å². The van der Waals surface area contributed by atoms with Gasteiger partial charge < -0.3 is 5.32 Å². The fraction of sp³-hybridized carbons (Fsp3) is 0.300. The van der Waals surface area contributed by atoms with Crippen molar-refractivity contribution < 1.29 is 0 Å². The molecule has 5 heteroatoms. The van der Waals surface area contributed by atoms with Crippen molar-refractivity contribution in [1.29, 1.82) is 0 Å². The normalized spacial score (nSPS) is 12.6. The number of hydrogen-bond acceptors (Lipinski definition) is 4. The van der Waals surface area contributed by atoms with Gasteiger partial charge in [0.1, 0.15) is 6.33 Å². The molecule has 78 valence electrons. The molecular formula is C10H13N5. The topological polar surface area (TPSA) is 66.5 Å². The van der Waals surface area contributed by atoms with Gasteiger partial charge in [-0.3, -0.25) is 5.10 Å². The largest absolute Gasteiger partial charge is 0.306 e. The summed E-state index contributed by atoms with van der Waals surface area (Å²) in [5, 5.41) is 10.1. The first kappa shape index (κ1) is 9.79. The molecule has 0 bridgehead atoms. The third-order valence-electron chi connectivity index (χ3n) is 2.25. The number of rotatable bonds is 4. The molecule has 0 aliphatic rings. The molecule has 2 aromatic heterocycles. The summed E-state index contributed by atoms with van der Waals surface area (Å²) in [6.45, 7) is 2.85. The van der Waals surface area contributed by atoms with E-state index in [1.54, 1.807) is 0 Å². The number of aromatic amines is 1. The van der Waals surface area contributed by atoms with Crippen LogP contribution in [-0.2, 0) is 6.54 Å². The van der Waals surface area contributed by atoms with Crippen molar-refractivity contribution in [3.05, 3.63) is 42.2 Å². The maximum absolute atomic E-state index is 3.96. The van der Waals surface area contributed by atoms with Crippen molar-refractivity contribution in [2.75, 3.05) is 0 Å². The molecule has 0 aromatic carbocycles. The minimum atomic E-state index is 0.268. The van der Waals surface area contributed by atoms with Gasteiger partial charge in [-0.1, -0.05) is 0 Å². The second kappa shape index (κ2) is 4.65. The summed E-state index contributed by atoms with van der Waals surface area (Å²) in [5.74, 6) is 0. The highest BCUT2D eigenvalue weighted by Gasteiger charge is 2.05. The van der Waals surface area contributed by atoms with E-state index in [1.807, 2.05) is 24.8 Å². The molecule has 15 heavy (non-hydrogen) atoms. The molecule has 5 nitrogen and oxygen atoms in total. The molecule has 0 fully saturated rings. The second-order valence-corrected chi connectivity index (χ2v) is 3.38. The van der Waals surface area contributed by atoms with Gasteiger partial charge in [-0.25, -0.2) is 9.97 Å². The van der Waals surface area contributed by atoms with Crippen LogP contribution in [0.25, 0.3) is 0 Å². The van der Waals surface area contributed by atoms with Crippen LogP contribution in [0.4, 0.5) is 0 Å². The Morgan fingerprint density at radius 2 is 2.13 bits per heavy atom. The Morgan fingerprint density at radius 3 is 2.80 bits per heavy atom. The van der Waals surface area contributed by atoms with Crippen LogP contribution in [-0.4, -0.2) is 20.2 Å². The van der Waals surface area contributed by atoms with Gasteiger partial charge in [-0.15, -0.1) is 0 Å². The summed E-state index contributed by atoms with van der Waals surface area (Å²) in [6.07, 6.45) is 8.85. The molecule has 0 aliphatic heterocycles. The van der Waals surface area contributed by atoms with Gasteiger partial charge in [-0.2, -0.15) is 5.10 Å². The van der Waals surface area contributed by atoms with E-state index in [0.29, 0.717) is 0 Å². The summed E-state index contributed by atoms with van der Waals surface area (Å²) in [4.78, 5) is 7.91. The van der Waals surface area contributed by atoms with E-state index in [0.717, 1.165) is 17.7 Å². The van der Waals surface area contributed by atoms with E-state index in [-0.39, 0.29) is 6.04 Å². The molecule has 0 aliphatic carbocycles. The summed E-state index contributed by atoms with van der Waals surface area (Å²) in [6, 6.07) is 0.268. The zero-order valence-electron chi connectivity index (χ0n) is 8.51. The van der Waals surface area contributed by atoms with E-state index in [4.69, 9.17) is 0 Å². The summed E-state index contributed by atoms with van der Waals surface area (Å²) in [5.41, 5.74) is 2.22. The molecule has 0 saturated carbocycles. The number of hydrogen-bond donors (Lipinski definition) is 2. The predicted octanol–water partition coefficient (Wildman–Crippen LogP) is 1.05. The third-order valence-corrected chi connectivity index (χ3v) is 2.25. The van der Waals surface area contributed by atoms with Crippen LogP contribution in [0.5, 0.6) is 0 Å². The first-order valence-electron chi connectivity index (χ1n) is 4.82. The molecule has 0 saturated heterocycles. The maximum atomic E-state index is 3.96. The van der Waals surface area contributed by atoms with E-state index < -0.39 is 0 Å². The molecule has 0 amide bonds. The monoisotopic (exact) mass is 203 g/mol. The quantitative estimate of drug-likeness (QED) is 0.779. The average molecular weight is 203 g/mol. The van der Waals surface area contributed by atoms with Crippen LogP contribution < -0.4 is 5.32 Å². The molecule has 1 atom stereocenters. The summed E-state index contributed by atoms with van der Waals surface area (Å²) >= 11 is 0. The van der Waals surface area contributed by atoms with Gasteiger partial charge in [0.2, 0.25) is 0 Å². The van der Waals surface area contributed by atoms with Crippen molar-refractivity contribution >= 4 is 0 Å². The highest BCUT2D eigenvalue weighted by Crippen LogP contribution is 2.09. The molecule has 2 heterocycles. The number of aromatic nitrogens is 4. The van der Waals surface area contributed by atoms with Crippen LogP contribution in [0.3, 0.4) is 0 Å². The number of nitrogens with zero attached hydrogens (tertiary/aromatic N) is 3. The van der Waals surface area contributed by atoms with E-state index >= 15 is 0 Å². The highest BCUT2D eigenvalue weighted by atomic mass is 15.1. The van der Waals surface area contributed by atoms with Crippen LogP contribution in [0.1, 0.15) is 24.1 Å². The molecule has 2 rings (SSSR count). The third kappa shape index (κ3) is 2.60. The van der Waals surface area contributed by atoms with Crippen molar-refractivity contribution in [1.82, 2.24) is 25.5 Å².